The van der Waals surface area contributed by atoms with Crippen molar-refractivity contribution in [1.82, 2.24) is 15.2 Å². The molecule has 20 heavy (non-hydrogen) atoms. The highest BCUT2D eigenvalue weighted by molar-refractivity contribution is 5.85. The molecular formula is C13H19N3O4. The third-order valence-electron chi connectivity index (χ3n) is 2.61. The number of aromatic nitrogens is 1. The Bertz CT molecular complexity index is 447. The zero-order chi connectivity index (χ0) is 15.0. The van der Waals surface area contributed by atoms with Crippen LogP contribution in [0, 0.1) is 0 Å². The number of nitrogens with one attached hydrogen (secondary N) is 1. The van der Waals surface area contributed by atoms with Crippen molar-refractivity contribution in [2.45, 2.75) is 13.5 Å². The Labute approximate surface area is 117 Å². The minimum atomic E-state index is -1.07. The number of hydrogen-bond acceptors (Lipinski definition) is 4. The van der Waals surface area contributed by atoms with Gasteiger partial charge in [0.15, 0.2) is 0 Å². The smallest absolute Gasteiger partial charge is 0.354 e. The van der Waals surface area contributed by atoms with Crippen molar-refractivity contribution in [3.63, 3.8) is 0 Å². The Morgan fingerprint density at radius 1 is 1.45 bits per heavy atom. The van der Waals surface area contributed by atoms with Crippen LogP contribution in [0.2, 0.25) is 0 Å². The largest absolute Gasteiger partial charge is 0.477 e. The fourth-order valence-electron chi connectivity index (χ4n) is 1.42. The number of urea groups is 1. The number of pyridine rings is 1. The molecule has 1 aromatic heterocycles. The molecule has 0 spiro atoms. The Hall–Kier alpha value is -2.15. The highest BCUT2D eigenvalue weighted by Crippen LogP contribution is 2.00. The van der Waals surface area contributed by atoms with Gasteiger partial charge in [-0.25, -0.2) is 14.6 Å². The molecule has 2 amide bonds. The third kappa shape index (κ3) is 5.23. The van der Waals surface area contributed by atoms with Crippen molar-refractivity contribution in [1.29, 1.82) is 0 Å². The van der Waals surface area contributed by atoms with E-state index in [4.69, 9.17) is 9.84 Å². The van der Waals surface area contributed by atoms with E-state index in [1.807, 2.05) is 6.92 Å². The minimum Gasteiger partial charge on any atom is -0.477 e. The lowest BCUT2D eigenvalue weighted by Crippen LogP contribution is -2.38. The fraction of sp³-hybridized carbons (Fsp3) is 0.462. The summed E-state index contributed by atoms with van der Waals surface area (Å²) in [5.41, 5.74) is 0.718. The summed E-state index contributed by atoms with van der Waals surface area (Å²) in [6, 6.07) is 2.81. The lowest BCUT2D eigenvalue weighted by Gasteiger charge is -2.17. The number of carboxylic acid groups (broad SMARTS) is 1. The number of carbonyl (C=O) groups excluding carboxylic acids is 1. The first-order chi connectivity index (χ1) is 9.54. The van der Waals surface area contributed by atoms with Gasteiger partial charge < -0.3 is 20.1 Å². The van der Waals surface area contributed by atoms with Crippen molar-refractivity contribution in [2.75, 3.05) is 26.8 Å². The number of hydrogen-bond donors (Lipinski definition) is 2. The number of ether oxygens (including phenoxy) is 1. The number of aromatic carboxylic acids is 1. The molecule has 0 saturated heterocycles. The van der Waals surface area contributed by atoms with Gasteiger partial charge in [-0.2, -0.15) is 0 Å². The van der Waals surface area contributed by atoms with Crippen LogP contribution in [0.1, 0.15) is 23.0 Å². The normalized spacial score (nSPS) is 10.1. The summed E-state index contributed by atoms with van der Waals surface area (Å²) in [5, 5.41) is 11.4. The molecule has 0 aromatic carbocycles. The molecule has 0 saturated carbocycles. The highest BCUT2D eigenvalue weighted by atomic mass is 16.5. The van der Waals surface area contributed by atoms with Gasteiger partial charge in [-0.1, -0.05) is 6.07 Å². The van der Waals surface area contributed by atoms with E-state index < -0.39 is 5.97 Å². The summed E-state index contributed by atoms with van der Waals surface area (Å²) in [4.78, 5) is 27.7. The van der Waals surface area contributed by atoms with Crippen molar-refractivity contribution < 1.29 is 19.4 Å². The van der Waals surface area contributed by atoms with E-state index in [2.05, 4.69) is 10.3 Å². The zero-order valence-electron chi connectivity index (χ0n) is 11.6. The van der Waals surface area contributed by atoms with Gasteiger partial charge in [-0.3, -0.25) is 0 Å². The Morgan fingerprint density at radius 3 is 2.75 bits per heavy atom. The van der Waals surface area contributed by atoms with Crippen LogP contribution in [0.25, 0.3) is 0 Å². The summed E-state index contributed by atoms with van der Waals surface area (Å²) in [5.74, 6) is -1.07. The fourth-order valence-corrected chi connectivity index (χ4v) is 1.42. The van der Waals surface area contributed by atoms with E-state index in [1.165, 1.54) is 17.2 Å². The Balaban J connectivity index is 2.38. The maximum absolute atomic E-state index is 11.7. The van der Waals surface area contributed by atoms with Gasteiger partial charge in [0.25, 0.3) is 0 Å². The van der Waals surface area contributed by atoms with E-state index in [0.717, 1.165) is 5.56 Å². The Kier molecular flexibility index (Phi) is 6.45. The van der Waals surface area contributed by atoms with Crippen LogP contribution >= 0.6 is 0 Å². The summed E-state index contributed by atoms with van der Waals surface area (Å²) in [6.07, 6.45) is 1.43. The van der Waals surface area contributed by atoms with Crippen LogP contribution in [0.15, 0.2) is 18.3 Å². The van der Waals surface area contributed by atoms with Crippen LogP contribution in [0.3, 0.4) is 0 Å². The predicted molar refractivity (Wildman–Crippen MR) is 72.6 cm³/mol. The Morgan fingerprint density at radius 2 is 2.20 bits per heavy atom. The second-order valence-corrected chi connectivity index (χ2v) is 4.13. The summed E-state index contributed by atoms with van der Waals surface area (Å²) < 4.78 is 5.17. The van der Waals surface area contributed by atoms with Crippen molar-refractivity contribution >= 4 is 12.0 Å². The molecule has 0 radical (unpaired) electrons. The minimum absolute atomic E-state index is 0.0195. The summed E-state index contributed by atoms with van der Waals surface area (Å²) >= 11 is 0. The number of carbonyl (C=O) groups is 2. The average Bonchev–Trinajstić information content (AvgIpc) is 2.45. The van der Waals surface area contributed by atoms with E-state index in [1.54, 1.807) is 13.1 Å². The van der Waals surface area contributed by atoms with Gasteiger partial charge in [0, 0.05) is 32.9 Å². The zero-order valence-corrected chi connectivity index (χ0v) is 11.6. The molecule has 1 rings (SSSR count). The van der Waals surface area contributed by atoms with Crippen molar-refractivity contribution in [3.8, 4) is 0 Å². The predicted octanol–water partition coefficient (Wildman–Crippen LogP) is 0.958. The second-order valence-electron chi connectivity index (χ2n) is 4.13. The molecule has 2 N–H and O–H groups in total. The number of likely N-dealkylation sites (N-methyl/N-ethyl adjacent to an activating group) is 1. The number of carboxylic acids is 1. The molecule has 0 aliphatic rings. The standard InChI is InChI=1S/C13H19N3O4/c1-3-20-7-6-16(2)13(19)15-9-10-4-5-11(12(17)18)14-8-10/h4-5,8H,3,6-7,9H2,1-2H3,(H,15,19)(H,17,18). The van der Waals surface area contributed by atoms with Gasteiger partial charge in [-0.15, -0.1) is 0 Å². The second kappa shape index (κ2) is 8.11. The highest BCUT2D eigenvalue weighted by Gasteiger charge is 2.08. The molecule has 1 heterocycles. The maximum atomic E-state index is 11.7. The monoisotopic (exact) mass is 281 g/mol. The summed E-state index contributed by atoms with van der Waals surface area (Å²) in [6.45, 7) is 3.82. The first kappa shape index (κ1) is 15.9. The first-order valence-corrected chi connectivity index (χ1v) is 6.29. The number of nitrogens with zero attached hydrogens (tertiary/aromatic N) is 2. The van der Waals surface area contributed by atoms with E-state index >= 15 is 0 Å². The average molecular weight is 281 g/mol. The summed E-state index contributed by atoms with van der Waals surface area (Å²) in [7, 11) is 1.68. The quantitative estimate of drug-likeness (QED) is 0.726. The molecule has 7 heteroatoms. The molecule has 0 aliphatic carbocycles. The first-order valence-electron chi connectivity index (χ1n) is 6.29. The van der Waals surface area contributed by atoms with Gasteiger partial charge in [-0.05, 0) is 18.6 Å². The van der Waals surface area contributed by atoms with Gasteiger partial charge in [0.1, 0.15) is 5.69 Å². The maximum Gasteiger partial charge on any atom is 0.354 e. The lowest BCUT2D eigenvalue weighted by molar-refractivity contribution is 0.0690. The molecule has 0 fully saturated rings. The molecule has 0 atom stereocenters. The molecule has 1 aromatic rings. The van der Waals surface area contributed by atoms with Crippen LogP contribution in [-0.2, 0) is 11.3 Å². The van der Waals surface area contributed by atoms with Crippen LogP contribution in [0.4, 0.5) is 4.79 Å². The molecular weight excluding hydrogens is 262 g/mol. The number of rotatable bonds is 7. The van der Waals surface area contributed by atoms with Crippen LogP contribution in [0.5, 0.6) is 0 Å². The van der Waals surface area contributed by atoms with E-state index in [-0.39, 0.29) is 11.7 Å². The molecule has 0 unspecified atom stereocenters. The van der Waals surface area contributed by atoms with Gasteiger partial charge in [0.05, 0.1) is 6.61 Å². The van der Waals surface area contributed by atoms with E-state index in [0.29, 0.717) is 26.3 Å². The topological polar surface area (TPSA) is 91.8 Å². The van der Waals surface area contributed by atoms with Gasteiger partial charge >= 0.3 is 12.0 Å². The molecule has 110 valence electrons. The van der Waals surface area contributed by atoms with Crippen LogP contribution in [-0.4, -0.2) is 53.8 Å². The SMILES string of the molecule is CCOCCN(C)C(=O)NCc1ccc(C(=O)O)nc1. The number of amides is 2. The van der Waals surface area contributed by atoms with Crippen molar-refractivity contribution in [2.24, 2.45) is 0 Å². The molecule has 7 nitrogen and oxygen atoms in total. The van der Waals surface area contributed by atoms with Gasteiger partial charge in [0.2, 0.25) is 0 Å². The molecule has 0 bridgehead atoms. The van der Waals surface area contributed by atoms with Crippen molar-refractivity contribution in [3.05, 3.63) is 29.6 Å². The van der Waals surface area contributed by atoms with Crippen LogP contribution < -0.4 is 5.32 Å². The third-order valence-corrected chi connectivity index (χ3v) is 2.61. The van der Waals surface area contributed by atoms with E-state index in [9.17, 15) is 9.59 Å². The lowest BCUT2D eigenvalue weighted by atomic mass is 10.2. The molecule has 0 aliphatic heterocycles.